The summed E-state index contributed by atoms with van der Waals surface area (Å²) in [5, 5.41) is 15.2. The lowest BCUT2D eigenvalue weighted by Crippen LogP contribution is -2.41. The third-order valence-electron chi connectivity index (χ3n) is 7.36. The van der Waals surface area contributed by atoms with Crippen molar-refractivity contribution in [1.29, 1.82) is 0 Å². The van der Waals surface area contributed by atoms with Crippen molar-refractivity contribution in [2.24, 2.45) is 0 Å². The molecule has 0 bridgehead atoms. The third-order valence-corrected chi connectivity index (χ3v) is 7.36. The summed E-state index contributed by atoms with van der Waals surface area (Å²) in [5.41, 5.74) is -0.289. The van der Waals surface area contributed by atoms with E-state index in [1.165, 1.54) is 13.3 Å². The first-order chi connectivity index (χ1) is 17.8. The maximum Gasteiger partial charge on any atom is 0.341 e. The number of pyridine rings is 1. The molecule has 5 rings (SSSR count). The predicted molar refractivity (Wildman–Crippen MR) is 141 cm³/mol. The lowest BCUT2D eigenvalue weighted by Gasteiger charge is -2.33. The van der Waals surface area contributed by atoms with E-state index in [0.29, 0.717) is 30.5 Å². The number of amides is 1. The highest BCUT2D eigenvalue weighted by molar-refractivity contribution is 5.97. The Morgan fingerprint density at radius 3 is 2.66 bits per heavy atom. The zero-order valence-electron chi connectivity index (χ0n) is 21.0. The molecule has 1 atom stereocenters. The number of nitrogens with zero attached hydrogens (tertiary/aromatic N) is 2. The number of methoxy groups -OCH3 is 1. The van der Waals surface area contributed by atoms with Gasteiger partial charge in [-0.3, -0.25) is 9.59 Å². The van der Waals surface area contributed by atoms with Crippen molar-refractivity contribution in [2.45, 2.75) is 50.6 Å². The van der Waals surface area contributed by atoms with Gasteiger partial charge in [0.25, 0.3) is 0 Å². The molecule has 0 unspecified atom stereocenters. The molecule has 1 amide bonds. The van der Waals surface area contributed by atoms with Crippen LogP contribution < -0.4 is 25.7 Å². The van der Waals surface area contributed by atoms with Crippen LogP contribution in [0.25, 0.3) is 10.9 Å². The number of hydrogen-bond donors (Lipinski definition) is 3. The van der Waals surface area contributed by atoms with Crippen LogP contribution in [0.3, 0.4) is 0 Å². The molecule has 2 aromatic rings. The van der Waals surface area contributed by atoms with Gasteiger partial charge in [-0.25, -0.2) is 13.6 Å². The van der Waals surface area contributed by atoms with Gasteiger partial charge in [0.05, 0.1) is 30.6 Å². The van der Waals surface area contributed by atoms with Gasteiger partial charge in [0.15, 0.2) is 11.6 Å². The number of carbonyl (C=O) groups excluding carboxylic acids is 1. The van der Waals surface area contributed by atoms with Crippen molar-refractivity contribution >= 4 is 40.9 Å². The molecule has 0 radical (unpaired) electrons. The lowest BCUT2D eigenvalue weighted by atomic mass is 10.0. The minimum atomic E-state index is -1.37. The van der Waals surface area contributed by atoms with Crippen molar-refractivity contribution in [3.63, 3.8) is 0 Å². The second-order valence-electron chi connectivity index (χ2n) is 9.85. The molecule has 2 aliphatic heterocycles. The van der Waals surface area contributed by atoms with Crippen LogP contribution in [-0.4, -0.2) is 60.9 Å². The SMILES string of the molecule is COc1c(N2CCCC(=C(F)CNC(=O)[C@@H]3CCCN3)C2)c(F)cc2c(=O)c(C(=O)O)cn(C3CC3)c12.Cl. The van der Waals surface area contributed by atoms with E-state index in [4.69, 9.17) is 4.74 Å². The second-order valence-corrected chi connectivity index (χ2v) is 9.85. The van der Waals surface area contributed by atoms with Crippen molar-refractivity contribution in [2.75, 3.05) is 38.2 Å². The number of fused-ring (bicyclic) bond motifs is 1. The number of rotatable bonds is 7. The van der Waals surface area contributed by atoms with Gasteiger partial charge in [-0.1, -0.05) is 0 Å². The molecule has 3 heterocycles. The number of aromatic nitrogens is 1. The summed E-state index contributed by atoms with van der Waals surface area (Å²) in [7, 11) is 1.37. The van der Waals surface area contributed by atoms with E-state index in [-0.39, 0.29) is 60.3 Å². The van der Waals surface area contributed by atoms with Crippen LogP contribution in [-0.2, 0) is 4.79 Å². The smallest absolute Gasteiger partial charge is 0.341 e. The van der Waals surface area contributed by atoms with Gasteiger partial charge in [-0.2, -0.15) is 0 Å². The lowest BCUT2D eigenvalue weighted by molar-refractivity contribution is -0.122. The van der Waals surface area contributed by atoms with E-state index in [9.17, 15) is 19.5 Å². The molecular weight excluding hydrogens is 522 g/mol. The molecule has 1 aromatic carbocycles. The molecule has 2 saturated heterocycles. The minimum Gasteiger partial charge on any atom is -0.492 e. The van der Waals surface area contributed by atoms with Gasteiger partial charge in [0.1, 0.15) is 17.1 Å². The molecule has 12 heteroatoms. The standard InChI is InChI=1S/C26H30F2N4O5.ClH/c1-37-24-21-16(23(33)17(26(35)36)13-32(21)15-6-7-15)10-18(27)22(24)31-9-3-4-14(12-31)19(28)11-30-25(34)20-5-2-8-29-20;/h10,13,15,20,29H,2-9,11-12H2,1H3,(H,30,34)(H,35,36);1H/t20-;/m0./s1. The van der Waals surface area contributed by atoms with E-state index < -0.39 is 28.6 Å². The number of hydrogen-bond acceptors (Lipinski definition) is 6. The fourth-order valence-electron chi connectivity index (χ4n) is 5.33. The summed E-state index contributed by atoms with van der Waals surface area (Å²) in [5.74, 6) is -2.67. The summed E-state index contributed by atoms with van der Waals surface area (Å²) in [6, 6.07) is 0.743. The first-order valence-corrected chi connectivity index (χ1v) is 12.6. The van der Waals surface area contributed by atoms with Crippen molar-refractivity contribution < 1.29 is 28.2 Å². The molecule has 206 valence electrons. The van der Waals surface area contributed by atoms with Gasteiger partial charge < -0.3 is 29.9 Å². The molecule has 1 aromatic heterocycles. The summed E-state index contributed by atoms with van der Waals surface area (Å²) in [6.45, 7) is 1.08. The van der Waals surface area contributed by atoms with Gasteiger partial charge in [0.2, 0.25) is 11.3 Å². The summed E-state index contributed by atoms with van der Waals surface area (Å²) in [6.07, 6.45) is 5.58. The van der Waals surface area contributed by atoms with Gasteiger partial charge in [-0.05, 0) is 56.7 Å². The summed E-state index contributed by atoms with van der Waals surface area (Å²) >= 11 is 0. The monoisotopic (exact) mass is 552 g/mol. The first-order valence-electron chi connectivity index (χ1n) is 12.6. The molecule has 1 aliphatic carbocycles. The van der Waals surface area contributed by atoms with Crippen LogP contribution in [0.5, 0.6) is 5.75 Å². The van der Waals surface area contributed by atoms with Crippen LogP contribution >= 0.6 is 12.4 Å². The van der Waals surface area contributed by atoms with Crippen LogP contribution in [0, 0.1) is 5.82 Å². The number of nitrogens with one attached hydrogen (secondary N) is 2. The molecule has 3 fully saturated rings. The maximum absolute atomic E-state index is 15.6. The second kappa shape index (κ2) is 11.3. The topological polar surface area (TPSA) is 113 Å². The highest BCUT2D eigenvalue weighted by Gasteiger charge is 2.32. The zero-order valence-corrected chi connectivity index (χ0v) is 21.8. The molecular formula is C26H31ClF2N4O5. The van der Waals surface area contributed by atoms with E-state index in [1.807, 2.05) is 0 Å². The normalized spacial score (nSPS) is 20.7. The predicted octanol–water partition coefficient (Wildman–Crippen LogP) is 3.30. The van der Waals surface area contributed by atoms with Gasteiger partial charge in [-0.15, -0.1) is 12.4 Å². The summed E-state index contributed by atoms with van der Waals surface area (Å²) < 4.78 is 38.0. The van der Waals surface area contributed by atoms with Crippen LogP contribution in [0.15, 0.2) is 28.5 Å². The number of piperidine rings is 1. The number of aromatic carboxylic acids is 1. The largest absolute Gasteiger partial charge is 0.492 e. The minimum absolute atomic E-state index is 0. The molecule has 3 aliphatic rings. The van der Waals surface area contributed by atoms with E-state index in [0.717, 1.165) is 38.3 Å². The van der Waals surface area contributed by atoms with Gasteiger partial charge >= 0.3 is 5.97 Å². The third kappa shape index (κ3) is 5.22. The van der Waals surface area contributed by atoms with E-state index in [2.05, 4.69) is 10.6 Å². The fourth-order valence-corrected chi connectivity index (χ4v) is 5.33. The van der Waals surface area contributed by atoms with Crippen LogP contribution in [0.4, 0.5) is 14.5 Å². The Morgan fingerprint density at radius 1 is 1.26 bits per heavy atom. The molecule has 9 nitrogen and oxygen atoms in total. The average Bonchev–Trinajstić information content (AvgIpc) is 3.59. The number of halogens is 3. The van der Waals surface area contributed by atoms with Crippen molar-refractivity contribution in [1.82, 2.24) is 15.2 Å². The van der Waals surface area contributed by atoms with E-state index >= 15 is 8.78 Å². The molecule has 3 N–H and O–H groups in total. The number of carboxylic acids is 1. The number of benzene rings is 1. The fraction of sp³-hybridized carbons (Fsp3) is 0.500. The number of carbonyl (C=O) groups is 2. The first kappa shape index (κ1) is 27.8. The Kier molecular flexibility index (Phi) is 8.27. The van der Waals surface area contributed by atoms with Gasteiger partial charge in [0, 0.05) is 25.3 Å². The van der Waals surface area contributed by atoms with Crippen molar-refractivity contribution in [3.8, 4) is 5.75 Å². The Bertz CT molecular complexity index is 1350. The molecule has 0 spiro atoms. The summed E-state index contributed by atoms with van der Waals surface area (Å²) in [4.78, 5) is 38.5. The Balaban J connectivity index is 0.00000336. The number of ether oxygens (including phenoxy) is 1. The Morgan fingerprint density at radius 2 is 2.03 bits per heavy atom. The highest BCUT2D eigenvalue weighted by atomic mass is 35.5. The van der Waals surface area contributed by atoms with Crippen molar-refractivity contribution in [3.05, 3.63) is 45.3 Å². The quantitative estimate of drug-likeness (QED) is 0.483. The Labute approximate surface area is 224 Å². The highest BCUT2D eigenvalue weighted by Crippen LogP contribution is 2.44. The molecule has 1 saturated carbocycles. The molecule has 38 heavy (non-hydrogen) atoms. The van der Waals surface area contributed by atoms with Crippen LogP contribution in [0.1, 0.15) is 54.9 Å². The number of anilines is 1. The Hall–Kier alpha value is -3.18. The average molecular weight is 553 g/mol. The van der Waals surface area contributed by atoms with Crippen LogP contribution in [0.2, 0.25) is 0 Å². The number of carboxylic acid groups (broad SMARTS) is 1. The maximum atomic E-state index is 15.6. The van der Waals surface area contributed by atoms with E-state index in [1.54, 1.807) is 9.47 Å². The zero-order chi connectivity index (χ0) is 26.3.